The Bertz CT molecular complexity index is 1440. The molecular weight excluding hydrogens is 1010 g/mol. The summed E-state index contributed by atoms with van der Waals surface area (Å²) in [5.41, 5.74) is 0. The average molecular weight is 1120 g/mol. The van der Waals surface area contributed by atoms with Crippen molar-refractivity contribution in [3.63, 3.8) is 0 Å². The van der Waals surface area contributed by atoms with Crippen LogP contribution in [0.2, 0.25) is 0 Å². The number of carbonyl (C=O) groups is 1. The summed E-state index contributed by atoms with van der Waals surface area (Å²) in [6.45, 7) is 1.78. The highest BCUT2D eigenvalue weighted by Gasteiger charge is 2.53. The molecule has 3 aliphatic heterocycles. The van der Waals surface area contributed by atoms with E-state index in [0.29, 0.717) is 12.8 Å². The first-order chi connectivity index (χ1) is 37.8. The number of hydrogen-bond donors (Lipinski definition) is 12. The van der Waals surface area contributed by atoms with Crippen LogP contribution in [0.1, 0.15) is 239 Å². The molecule has 78 heavy (non-hydrogen) atoms. The Labute approximate surface area is 468 Å². The quantitative estimate of drug-likeness (QED) is 0.0312. The van der Waals surface area contributed by atoms with Gasteiger partial charge in [0, 0.05) is 6.42 Å². The van der Waals surface area contributed by atoms with E-state index in [2.05, 4.69) is 19.2 Å². The molecule has 0 aromatic rings. The van der Waals surface area contributed by atoms with Gasteiger partial charge in [-0.2, -0.15) is 0 Å². The molecule has 17 atom stereocenters. The molecule has 0 aromatic heterocycles. The summed E-state index contributed by atoms with van der Waals surface area (Å²) >= 11 is 0. The number of unbranched alkanes of at least 4 members (excludes halogenated alkanes) is 31. The van der Waals surface area contributed by atoms with E-state index in [-0.39, 0.29) is 18.9 Å². The van der Waals surface area contributed by atoms with Crippen molar-refractivity contribution in [2.24, 2.45) is 0 Å². The maximum atomic E-state index is 13.3. The van der Waals surface area contributed by atoms with E-state index >= 15 is 0 Å². The van der Waals surface area contributed by atoms with Gasteiger partial charge in [0.15, 0.2) is 18.9 Å². The van der Waals surface area contributed by atoms with E-state index in [1.165, 1.54) is 161 Å². The highest BCUT2D eigenvalue weighted by atomic mass is 16.8. The molecule has 0 spiro atoms. The predicted molar refractivity (Wildman–Crippen MR) is 296 cm³/mol. The van der Waals surface area contributed by atoms with Crippen molar-refractivity contribution in [3.8, 4) is 0 Å². The molecule has 0 bridgehead atoms. The fourth-order valence-corrected chi connectivity index (χ4v) is 11.0. The molecule has 19 heteroatoms. The number of rotatable bonds is 47. The lowest BCUT2D eigenvalue weighted by Gasteiger charge is -2.48. The van der Waals surface area contributed by atoms with E-state index < -0.39 is 124 Å². The first kappa shape index (κ1) is 71.1. The largest absolute Gasteiger partial charge is 0.394 e. The smallest absolute Gasteiger partial charge is 0.220 e. The molecule has 3 rings (SSSR count). The number of nitrogens with one attached hydrogen (secondary N) is 1. The van der Waals surface area contributed by atoms with E-state index in [1.807, 2.05) is 0 Å². The summed E-state index contributed by atoms with van der Waals surface area (Å²) in [5.74, 6) is -0.243. The number of aliphatic hydroxyl groups is 11. The molecule has 0 radical (unpaired) electrons. The molecule has 17 unspecified atom stereocenters. The van der Waals surface area contributed by atoms with Crippen molar-refractivity contribution >= 4 is 5.91 Å². The van der Waals surface area contributed by atoms with Crippen LogP contribution in [0, 0.1) is 0 Å². The molecular formula is C59H113NO18. The second-order valence-electron chi connectivity index (χ2n) is 22.9. The van der Waals surface area contributed by atoms with Crippen LogP contribution in [0.4, 0.5) is 0 Å². The van der Waals surface area contributed by atoms with E-state index in [9.17, 15) is 61.0 Å². The monoisotopic (exact) mass is 1120 g/mol. The van der Waals surface area contributed by atoms with Gasteiger partial charge < -0.3 is 89.9 Å². The molecule has 19 nitrogen and oxygen atoms in total. The van der Waals surface area contributed by atoms with Crippen molar-refractivity contribution in [1.82, 2.24) is 5.32 Å². The number of amides is 1. The second kappa shape index (κ2) is 43.4. The summed E-state index contributed by atoms with van der Waals surface area (Å²) in [6.07, 6.45) is 15.0. The van der Waals surface area contributed by atoms with Crippen LogP contribution >= 0.6 is 0 Å². The van der Waals surface area contributed by atoms with Crippen LogP contribution in [0.25, 0.3) is 0 Å². The van der Waals surface area contributed by atoms with Gasteiger partial charge in [0.1, 0.15) is 73.2 Å². The first-order valence-corrected chi connectivity index (χ1v) is 31.3. The van der Waals surface area contributed by atoms with Gasteiger partial charge in [-0.1, -0.05) is 219 Å². The highest BCUT2D eigenvalue weighted by Crippen LogP contribution is 2.33. The van der Waals surface area contributed by atoms with Crippen molar-refractivity contribution in [3.05, 3.63) is 0 Å². The van der Waals surface area contributed by atoms with Crippen LogP contribution in [0.3, 0.4) is 0 Å². The van der Waals surface area contributed by atoms with E-state index in [0.717, 1.165) is 44.9 Å². The molecule has 1 amide bonds. The molecule has 0 saturated carbocycles. The van der Waals surface area contributed by atoms with Gasteiger partial charge in [-0.15, -0.1) is 0 Å². The summed E-state index contributed by atoms with van der Waals surface area (Å²) in [6, 6.07) is -0.879. The van der Waals surface area contributed by atoms with Crippen LogP contribution in [-0.2, 0) is 33.2 Å². The summed E-state index contributed by atoms with van der Waals surface area (Å²) in [4.78, 5) is 13.3. The molecule has 3 saturated heterocycles. The van der Waals surface area contributed by atoms with E-state index in [4.69, 9.17) is 28.4 Å². The minimum Gasteiger partial charge on any atom is -0.394 e. The van der Waals surface area contributed by atoms with Gasteiger partial charge in [0.25, 0.3) is 0 Å². The number of carbonyl (C=O) groups excluding carboxylic acids is 1. The van der Waals surface area contributed by atoms with Crippen LogP contribution in [0.5, 0.6) is 0 Å². The molecule has 0 aliphatic carbocycles. The van der Waals surface area contributed by atoms with Crippen LogP contribution in [0.15, 0.2) is 0 Å². The van der Waals surface area contributed by atoms with E-state index in [1.54, 1.807) is 0 Å². The molecule has 12 N–H and O–H groups in total. The summed E-state index contributed by atoms with van der Waals surface area (Å²) in [7, 11) is 0. The lowest BCUT2D eigenvalue weighted by molar-refractivity contribution is -0.379. The second-order valence-corrected chi connectivity index (χ2v) is 22.9. The first-order valence-electron chi connectivity index (χ1n) is 31.3. The third-order valence-corrected chi connectivity index (χ3v) is 16.2. The van der Waals surface area contributed by atoms with Gasteiger partial charge in [0.2, 0.25) is 5.91 Å². The van der Waals surface area contributed by atoms with Crippen LogP contribution < -0.4 is 5.32 Å². The van der Waals surface area contributed by atoms with Crippen molar-refractivity contribution in [2.45, 2.75) is 343 Å². The van der Waals surface area contributed by atoms with Gasteiger partial charge in [0.05, 0.1) is 38.6 Å². The topological polar surface area (TPSA) is 307 Å². The number of ether oxygens (including phenoxy) is 6. The maximum Gasteiger partial charge on any atom is 0.220 e. The summed E-state index contributed by atoms with van der Waals surface area (Å²) < 4.78 is 34.3. The zero-order valence-electron chi connectivity index (χ0n) is 48.2. The van der Waals surface area contributed by atoms with Crippen molar-refractivity contribution < 1.29 is 89.4 Å². The van der Waals surface area contributed by atoms with Crippen LogP contribution in [-0.4, -0.2) is 193 Å². The Morgan fingerprint density at radius 3 is 1.12 bits per heavy atom. The molecule has 3 heterocycles. The minimum absolute atomic E-state index is 0.243. The van der Waals surface area contributed by atoms with Gasteiger partial charge >= 0.3 is 0 Å². The lowest BCUT2D eigenvalue weighted by Crippen LogP contribution is -2.66. The van der Waals surface area contributed by atoms with Gasteiger partial charge in [-0.25, -0.2) is 0 Å². The number of aliphatic hydroxyl groups excluding tert-OH is 11. The fraction of sp³-hybridized carbons (Fsp3) is 0.983. The molecule has 0 aromatic carbocycles. The molecule has 3 aliphatic rings. The average Bonchev–Trinajstić information content (AvgIpc) is 3.43. The third-order valence-electron chi connectivity index (χ3n) is 16.2. The SMILES string of the molecule is CCCCCCCCCCCCCCCCCCCCCCCCCCC(O)C(COC1OC(CO)C(OC2OC(CO)C(OC3OC(CO)C(O)C(O)C3O)C(O)C2O)C(O)C1O)NC(=O)CCCCCCCCCCC. The molecule has 462 valence electrons. The van der Waals surface area contributed by atoms with Crippen molar-refractivity contribution in [1.29, 1.82) is 0 Å². The zero-order valence-corrected chi connectivity index (χ0v) is 48.2. The summed E-state index contributed by atoms with van der Waals surface area (Å²) in [5, 5.41) is 120. The minimum atomic E-state index is -1.97. The Morgan fingerprint density at radius 2 is 0.731 bits per heavy atom. The zero-order chi connectivity index (χ0) is 56.9. The van der Waals surface area contributed by atoms with Gasteiger partial charge in [-0.05, 0) is 12.8 Å². The Morgan fingerprint density at radius 1 is 0.410 bits per heavy atom. The standard InChI is InChI=1S/C59H113NO18/c1-3-5-7-9-11-13-14-15-16-17-18-19-20-21-22-23-24-25-26-27-29-30-32-34-36-43(64)42(60-47(65)37-35-33-31-28-12-10-8-6-4-2)41-73-57-53(71)50(68)55(45(39-62)75-57)78-59-54(72)51(69)56(46(40-63)76-59)77-58-52(70)49(67)48(66)44(38-61)74-58/h42-46,48-59,61-64,66-72H,3-41H2,1-2H3,(H,60,65). The Kier molecular flexibility index (Phi) is 39.6. The predicted octanol–water partition coefficient (Wildman–Crippen LogP) is 5.99. The lowest BCUT2D eigenvalue weighted by atomic mass is 9.96. The fourth-order valence-electron chi connectivity index (χ4n) is 11.0. The van der Waals surface area contributed by atoms with Gasteiger partial charge in [-0.3, -0.25) is 4.79 Å². The third kappa shape index (κ3) is 27.0. The normalized spacial score (nSPS) is 30.4. The molecule has 3 fully saturated rings. The Balaban J connectivity index is 1.42. The van der Waals surface area contributed by atoms with Crippen molar-refractivity contribution in [2.75, 3.05) is 26.4 Å². The Hall–Kier alpha value is -1.21. The highest BCUT2D eigenvalue weighted by molar-refractivity contribution is 5.76. The maximum absolute atomic E-state index is 13.3. The number of hydrogen-bond acceptors (Lipinski definition) is 18.